The van der Waals surface area contributed by atoms with Crippen LogP contribution in [0.1, 0.15) is 37.8 Å². The summed E-state index contributed by atoms with van der Waals surface area (Å²) in [6.07, 6.45) is 10.4. The third-order valence-corrected chi connectivity index (χ3v) is 5.83. The average Bonchev–Trinajstić information content (AvgIpc) is 3.05. The molecule has 2 fully saturated rings. The molecule has 2 aliphatic heterocycles. The molecule has 0 bridgehead atoms. The second-order valence-electron chi connectivity index (χ2n) is 7.90. The number of fused-ring (bicyclic) bond motifs is 1. The molecular formula is C21H31N5O. The molecule has 0 aromatic carbocycles. The lowest BCUT2D eigenvalue weighted by atomic mass is 10.1. The van der Waals surface area contributed by atoms with Crippen LogP contribution in [0.15, 0.2) is 30.6 Å². The molecule has 4 heterocycles. The number of carbonyl (C=O) groups is 1. The Kier molecular flexibility index (Phi) is 6.04. The fourth-order valence-corrected chi connectivity index (χ4v) is 4.19. The Morgan fingerprint density at radius 3 is 2.33 bits per heavy atom. The minimum absolute atomic E-state index is 0.325. The smallest absolute Gasteiger partial charge is 0.236 e. The van der Waals surface area contributed by atoms with Crippen molar-refractivity contribution >= 4 is 11.6 Å². The SMILES string of the molecule is O=C(CN1CCN(Cc2cn3ccccc3n2)CC1)N1CCCCCCC1. The zero-order valence-electron chi connectivity index (χ0n) is 16.2. The molecule has 1 amide bonds. The number of hydrogen-bond donors (Lipinski definition) is 0. The van der Waals surface area contributed by atoms with Gasteiger partial charge in [-0.3, -0.25) is 14.6 Å². The van der Waals surface area contributed by atoms with Gasteiger partial charge in [0.2, 0.25) is 5.91 Å². The van der Waals surface area contributed by atoms with Gasteiger partial charge < -0.3 is 9.30 Å². The van der Waals surface area contributed by atoms with E-state index in [4.69, 9.17) is 4.98 Å². The van der Waals surface area contributed by atoms with Gasteiger partial charge in [-0.15, -0.1) is 0 Å². The topological polar surface area (TPSA) is 44.1 Å². The van der Waals surface area contributed by atoms with Crippen LogP contribution in [0.2, 0.25) is 0 Å². The van der Waals surface area contributed by atoms with Gasteiger partial charge in [0.05, 0.1) is 12.2 Å². The van der Waals surface area contributed by atoms with Crippen LogP contribution in [0.4, 0.5) is 0 Å². The summed E-state index contributed by atoms with van der Waals surface area (Å²) < 4.78 is 2.08. The number of imidazole rings is 1. The fourth-order valence-electron chi connectivity index (χ4n) is 4.19. The van der Waals surface area contributed by atoms with Crippen LogP contribution in [-0.4, -0.2) is 75.8 Å². The highest BCUT2D eigenvalue weighted by Gasteiger charge is 2.22. The first-order chi connectivity index (χ1) is 13.3. The summed E-state index contributed by atoms with van der Waals surface area (Å²) in [5.41, 5.74) is 2.12. The number of aromatic nitrogens is 2. The maximum Gasteiger partial charge on any atom is 0.236 e. The fraction of sp³-hybridized carbons (Fsp3) is 0.619. The summed E-state index contributed by atoms with van der Waals surface area (Å²) in [5.74, 6) is 0.325. The van der Waals surface area contributed by atoms with Crippen molar-refractivity contribution in [2.45, 2.75) is 38.6 Å². The molecule has 6 nitrogen and oxygen atoms in total. The molecule has 0 N–H and O–H groups in total. The Morgan fingerprint density at radius 2 is 1.59 bits per heavy atom. The molecule has 6 heteroatoms. The summed E-state index contributed by atoms with van der Waals surface area (Å²) >= 11 is 0. The van der Waals surface area contributed by atoms with E-state index in [1.807, 2.05) is 24.4 Å². The van der Waals surface area contributed by atoms with Crippen molar-refractivity contribution in [1.82, 2.24) is 24.1 Å². The minimum Gasteiger partial charge on any atom is -0.342 e. The second-order valence-corrected chi connectivity index (χ2v) is 7.90. The second kappa shape index (κ2) is 8.85. The molecule has 2 saturated heterocycles. The van der Waals surface area contributed by atoms with Crippen molar-refractivity contribution in [1.29, 1.82) is 0 Å². The Hall–Kier alpha value is -1.92. The predicted molar refractivity (Wildman–Crippen MR) is 107 cm³/mol. The molecule has 0 unspecified atom stereocenters. The van der Waals surface area contributed by atoms with E-state index in [2.05, 4.69) is 25.3 Å². The zero-order chi connectivity index (χ0) is 18.5. The molecule has 4 rings (SSSR count). The van der Waals surface area contributed by atoms with Crippen LogP contribution >= 0.6 is 0 Å². The number of carbonyl (C=O) groups excluding carboxylic acids is 1. The van der Waals surface area contributed by atoms with Gasteiger partial charge in [-0.05, 0) is 25.0 Å². The normalized spacial score (nSPS) is 20.5. The van der Waals surface area contributed by atoms with Crippen LogP contribution < -0.4 is 0 Å². The van der Waals surface area contributed by atoms with Gasteiger partial charge in [0, 0.05) is 58.2 Å². The van der Waals surface area contributed by atoms with Crippen LogP contribution in [0, 0.1) is 0 Å². The van der Waals surface area contributed by atoms with E-state index in [0.29, 0.717) is 12.5 Å². The van der Waals surface area contributed by atoms with Crippen LogP contribution in [0.5, 0.6) is 0 Å². The number of nitrogens with zero attached hydrogens (tertiary/aromatic N) is 5. The van der Waals surface area contributed by atoms with Gasteiger partial charge in [-0.1, -0.05) is 25.3 Å². The van der Waals surface area contributed by atoms with Crippen molar-refractivity contribution in [3.8, 4) is 0 Å². The third kappa shape index (κ3) is 4.87. The number of piperazine rings is 1. The maximum absolute atomic E-state index is 12.7. The van der Waals surface area contributed by atoms with Gasteiger partial charge >= 0.3 is 0 Å². The number of pyridine rings is 1. The van der Waals surface area contributed by atoms with E-state index in [1.54, 1.807) is 0 Å². The highest BCUT2D eigenvalue weighted by atomic mass is 16.2. The maximum atomic E-state index is 12.7. The molecule has 2 aromatic rings. The minimum atomic E-state index is 0.325. The van der Waals surface area contributed by atoms with Gasteiger partial charge in [0.1, 0.15) is 5.65 Å². The molecule has 2 aromatic heterocycles. The summed E-state index contributed by atoms with van der Waals surface area (Å²) in [4.78, 5) is 24.2. The first-order valence-corrected chi connectivity index (χ1v) is 10.4. The van der Waals surface area contributed by atoms with Gasteiger partial charge in [-0.25, -0.2) is 4.98 Å². The molecule has 0 atom stereocenters. The number of hydrogen-bond acceptors (Lipinski definition) is 4. The zero-order valence-corrected chi connectivity index (χ0v) is 16.2. The monoisotopic (exact) mass is 369 g/mol. The first kappa shape index (κ1) is 18.4. The van der Waals surface area contributed by atoms with E-state index < -0.39 is 0 Å². The summed E-state index contributed by atoms with van der Waals surface area (Å²) in [6, 6.07) is 6.09. The lowest BCUT2D eigenvalue weighted by Gasteiger charge is -2.35. The van der Waals surface area contributed by atoms with Gasteiger partial charge in [0.15, 0.2) is 0 Å². The molecule has 0 aliphatic carbocycles. The van der Waals surface area contributed by atoms with Crippen molar-refractivity contribution in [2.24, 2.45) is 0 Å². The molecule has 0 spiro atoms. The number of amides is 1. The molecule has 2 aliphatic rings. The van der Waals surface area contributed by atoms with Crippen LogP contribution in [0.3, 0.4) is 0 Å². The first-order valence-electron chi connectivity index (χ1n) is 10.4. The summed E-state index contributed by atoms with van der Waals surface area (Å²) in [6.45, 7) is 7.30. The van der Waals surface area contributed by atoms with E-state index in [9.17, 15) is 4.79 Å². The summed E-state index contributed by atoms with van der Waals surface area (Å²) in [7, 11) is 0. The van der Waals surface area contributed by atoms with Crippen LogP contribution in [0.25, 0.3) is 5.65 Å². The van der Waals surface area contributed by atoms with Gasteiger partial charge in [-0.2, -0.15) is 0 Å². The van der Waals surface area contributed by atoms with Crippen molar-refractivity contribution < 1.29 is 4.79 Å². The third-order valence-electron chi connectivity index (χ3n) is 5.83. The average molecular weight is 370 g/mol. The number of rotatable bonds is 4. The number of likely N-dealkylation sites (tertiary alicyclic amines) is 1. The molecule has 0 saturated carbocycles. The van der Waals surface area contributed by atoms with E-state index >= 15 is 0 Å². The molecule has 27 heavy (non-hydrogen) atoms. The van der Waals surface area contributed by atoms with Crippen molar-refractivity contribution in [3.63, 3.8) is 0 Å². The summed E-state index contributed by atoms with van der Waals surface area (Å²) in [5, 5.41) is 0. The van der Waals surface area contributed by atoms with Crippen LogP contribution in [-0.2, 0) is 11.3 Å². The Balaban J connectivity index is 1.24. The van der Waals surface area contributed by atoms with E-state index in [1.165, 1.54) is 32.1 Å². The Morgan fingerprint density at radius 1 is 0.889 bits per heavy atom. The highest BCUT2D eigenvalue weighted by Crippen LogP contribution is 2.13. The highest BCUT2D eigenvalue weighted by molar-refractivity contribution is 5.78. The van der Waals surface area contributed by atoms with E-state index in [0.717, 1.165) is 57.2 Å². The van der Waals surface area contributed by atoms with Crippen molar-refractivity contribution in [2.75, 3.05) is 45.8 Å². The Bertz CT molecular complexity index is 709. The van der Waals surface area contributed by atoms with Crippen molar-refractivity contribution in [3.05, 3.63) is 36.3 Å². The molecular weight excluding hydrogens is 338 g/mol. The predicted octanol–water partition coefficient (Wildman–Crippen LogP) is 2.24. The molecule has 146 valence electrons. The Labute approximate surface area is 161 Å². The quantitative estimate of drug-likeness (QED) is 0.829. The standard InChI is InChI=1S/C21H31N5O/c27-21(25-9-5-2-1-3-6-10-25)18-24-14-12-23(13-15-24)16-19-17-26-11-7-4-8-20(26)22-19/h4,7-8,11,17H,1-3,5-6,9-10,12-16,18H2. The largest absolute Gasteiger partial charge is 0.342 e. The van der Waals surface area contributed by atoms with Gasteiger partial charge in [0.25, 0.3) is 0 Å². The lowest BCUT2D eigenvalue weighted by Crippen LogP contribution is -2.50. The van der Waals surface area contributed by atoms with E-state index in [-0.39, 0.29) is 0 Å². The molecule has 0 radical (unpaired) electrons. The lowest BCUT2D eigenvalue weighted by molar-refractivity contribution is -0.133.